The molecule has 7 heteroatoms. The van der Waals surface area contributed by atoms with Crippen molar-refractivity contribution in [3.05, 3.63) is 0 Å². The molecule has 0 aromatic rings. The third kappa shape index (κ3) is 1.67. The fourth-order valence-corrected chi connectivity index (χ4v) is 1.99. The summed E-state index contributed by atoms with van der Waals surface area (Å²) in [5.41, 5.74) is 0. The van der Waals surface area contributed by atoms with Crippen LogP contribution in [0.3, 0.4) is 0 Å². The molecular formula is C2HInO6. The van der Waals surface area contributed by atoms with Crippen LogP contribution >= 0.6 is 0 Å². The summed E-state index contributed by atoms with van der Waals surface area (Å²) < 4.78 is 12.4. The van der Waals surface area contributed by atoms with Gasteiger partial charge in [-0.15, -0.1) is 0 Å². The summed E-state index contributed by atoms with van der Waals surface area (Å²) in [4.78, 5) is 19.5. The zero-order valence-corrected chi connectivity index (χ0v) is 7.36. The van der Waals surface area contributed by atoms with Crippen LogP contribution in [0, 0.1) is 0 Å². The van der Waals surface area contributed by atoms with Crippen LogP contribution in [0.5, 0.6) is 0 Å². The van der Waals surface area contributed by atoms with E-state index in [1.165, 1.54) is 0 Å². The minimum atomic E-state index is -3.18. The Labute approximate surface area is 58.7 Å². The van der Waals surface area contributed by atoms with Gasteiger partial charge < -0.3 is 0 Å². The van der Waals surface area contributed by atoms with E-state index in [1.807, 2.05) is 0 Å². The van der Waals surface area contributed by atoms with Crippen LogP contribution in [0.25, 0.3) is 0 Å². The molecule has 1 rings (SSSR count). The van der Waals surface area contributed by atoms with Crippen molar-refractivity contribution >= 4 is 35.1 Å². The number of hydrogen-bond donors (Lipinski definition) is 1. The summed E-state index contributed by atoms with van der Waals surface area (Å²) in [7, 11) is 0. The van der Waals surface area contributed by atoms with Crippen molar-refractivity contribution in [2.75, 3.05) is 0 Å². The van der Waals surface area contributed by atoms with Crippen LogP contribution in [0.1, 0.15) is 0 Å². The van der Waals surface area contributed by atoms with Crippen LogP contribution < -0.4 is 0 Å². The first kappa shape index (κ1) is 6.53. The van der Waals surface area contributed by atoms with Gasteiger partial charge in [0, 0.05) is 0 Å². The monoisotopic (exact) mass is 236 g/mol. The Bertz CT molecular complexity index is 145. The van der Waals surface area contributed by atoms with Crippen molar-refractivity contribution < 1.29 is 23.3 Å². The maximum atomic E-state index is 9.83. The van der Waals surface area contributed by atoms with E-state index in [9.17, 15) is 9.59 Å². The topological polar surface area (TPSA) is 82.1 Å². The molecule has 1 aliphatic heterocycles. The van der Waals surface area contributed by atoms with Gasteiger partial charge in [-0.3, -0.25) is 0 Å². The normalized spacial score (nSPS) is 15.1. The van der Waals surface area contributed by atoms with Gasteiger partial charge in [0.2, 0.25) is 0 Å². The zero-order chi connectivity index (χ0) is 6.85. The molecule has 1 N–H and O–H groups in total. The molecule has 1 heterocycles. The molecule has 0 saturated carbocycles. The molecule has 0 aliphatic carbocycles. The van der Waals surface area contributed by atoms with Gasteiger partial charge in [0.1, 0.15) is 0 Å². The van der Waals surface area contributed by atoms with Crippen LogP contribution in [0.4, 0.5) is 9.59 Å². The molecule has 9 heavy (non-hydrogen) atoms. The molecule has 6 nitrogen and oxygen atoms in total. The predicted molar refractivity (Wildman–Crippen MR) is 22.4 cm³/mol. The van der Waals surface area contributed by atoms with Crippen LogP contribution in [0.15, 0.2) is 0 Å². The molecule has 1 aliphatic rings. The molecule has 1 fully saturated rings. The van der Waals surface area contributed by atoms with Crippen molar-refractivity contribution in [1.82, 2.24) is 0 Å². The zero-order valence-electron chi connectivity index (χ0n) is 4.07. The molecule has 0 bridgehead atoms. The van der Waals surface area contributed by atoms with E-state index in [0.29, 0.717) is 0 Å². The molecule has 0 aromatic heterocycles. The van der Waals surface area contributed by atoms with Crippen LogP contribution in [-0.2, 0) is 8.56 Å². The first-order valence-corrected chi connectivity index (χ1v) is 5.99. The molecule has 1 saturated heterocycles. The first-order chi connectivity index (χ1) is 4.18. The average molecular weight is 236 g/mol. The summed E-state index contributed by atoms with van der Waals surface area (Å²) in [6.07, 6.45) is -2.29. The quantitative estimate of drug-likeness (QED) is 0.680. The van der Waals surface area contributed by atoms with Crippen LogP contribution in [-0.4, -0.2) is 40.2 Å². The molecule has 0 radical (unpaired) electrons. The second kappa shape index (κ2) is 2.34. The summed E-state index contributed by atoms with van der Waals surface area (Å²) >= 11 is -3.18. The molecular weight excluding hydrogens is 235 g/mol. The van der Waals surface area contributed by atoms with Gasteiger partial charge in [-0.05, 0) is 0 Å². The van der Waals surface area contributed by atoms with Crippen molar-refractivity contribution in [3.63, 3.8) is 0 Å². The number of rotatable bonds is 1. The van der Waals surface area contributed by atoms with Crippen molar-refractivity contribution in [2.24, 2.45) is 0 Å². The Morgan fingerprint density at radius 3 is 2.56 bits per heavy atom. The maximum absolute atomic E-state index is 9.83. The predicted octanol–water partition coefficient (Wildman–Crippen LogP) is -0.167. The Kier molecular flexibility index (Phi) is 1.70. The van der Waals surface area contributed by atoms with E-state index < -0.39 is 35.1 Å². The SMILES string of the molecule is O=C(O)[O][In]1[O]C(=O)[O]1. The van der Waals surface area contributed by atoms with E-state index in [4.69, 9.17) is 5.11 Å². The van der Waals surface area contributed by atoms with Crippen LogP contribution in [0.2, 0.25) is 0 Å². The summed E-state index contributed by atoms with van der Waals surface area (Å²) in [5.74, 6) is 0. The van der Waals surface area contributed by atoms with Crippen molar-refractivity contribution in [3.8, 4) is 0 Å². The minimum absolute atomic E-state index is 0.836. The van der Waals surface area contributed by atoms with Gasteiger partial charge in [-0.1, -0.05) is 0 Å². The fraction of sp³-hybridized carbons (Fsp3) is 0. The van der Waals surface area contributed by atoms with Gasteiger partial charge in [-0.25, -0.2) is 0 Å². The van der Waals surface area contributed by atoms with Crippen molar-refractivity contribution in [1.29, 1.82) is 0 Å². The van der Waals surface area contributed by atoms with E-state index in [1.54, 1.807) is 0 Å². The van der Waals surface area contributed by atoms with Gasteiger partial charge in [0.15, 0.2) is 0 Å². The Morgan fingerprint density at radius 2 is 2.22 bits per heavy atom. The second-order valence-electron chi connectivity index (χ2n) is 1.16. The number of carboxylic acid groups (broad SMARTS) is 1. The molecule has 0 atom stereocenters. The average Bonchev–Trinajstić information content (AvgIpc) is 1.60. The van der Waals surface area contributed by atoms with E-state index in [2.05, 4.69) is 8.56 Å². The Morgan fingerprint density at radius 1 is 1.67 bits per heavy atom. The number of carbonyl (C=O) groups excluding carboxylic acids is 1. The van der Waals surface area contributed by atoms with E-state index in [0.717, 1.165) is 0 Å². The van der Waals surface area contributed by atoms with E-state index >= 15 is 0 Å². The molecule has 0 aromatic carbocycles. The summed E-state index contributed by atoms with van der Waals surface area (Å²) in [6, 6.07) is 0. The molecule has 0 spiro atoms. The second-order valence-corrected chi connectivity index (χ2v) is 4.82. The Balaban J connectivity index is 2.18. The number of hydrogen-bond acceptors (Lipinski definition) is 5. The van der Waals surface area contributed by atoms with Gasteiger partial charge >= 0.3 is 58.3 Å². The third-order valence-corrected chi connectivity index (χ3v) is 3.90. The first-order valence-electron chi connectivity index (χ1n) is 1.95. The molecule has 48 valence electrons. The molecule has 0 amide bonds. The van der Waals surface area contributed by atoms with Gasteiger partial charge in [0.25, 0.3) is 0 Å². The van der Waals surface area contributed by atoms with E-state index in [-0.39, 0.29) is 0 Å². The van der Waals surface area contributed by atoms with Crippen molar-refractivity contribution in [2.45, 2.75) is 0 Å². The third-order valence-electron chi connectivity index (χ3n) is 0.582. The van der Waals surface area contributed by atoms with Gasteiger partial charge in [-0.2, -0.15) is 0 Å². The Hall–Kier alpha value is -0.590. The fourth-order valence-electron chi connectivity index (χ4n) is 0.296. The number of carbonyl (C=O) groups is 2. The standard InChI is InChI=1S/2CH2O3.In/c2*2-1(3)4;/h2*(H2,2,3,4);/q;;+3/p-3. The molecule has 0 unspecified atom stereocenters. The summed E-state index contributed by atoms with van der Waals surface area (Å²) in [5, 5.41) is 7.89. The summed E-state index contributed by atoms with van der Waals surface area (Å²) in [6.45, 7) is 0. The van der Waals surface area contributed by atoms with Gasteiger partial charge in [0.05, 0.1) is 0 Å².